The van der Waals surface area contributed by atoms with Gasteiger partial charge in [-0.15, -0.1) is 0 Å². The molecule has 1 aromatic heterocycles. The molecule has 8 heteroatoms. The topological polar surface area (TPSA) is 51.5 Å². The minimum Gasteiger partial charge on any atom is -0.465 e. The average Bonchev–Trinajstić information content (AvgIpc) is 2.74. The zero-order chi connectivity index (χ0) is 13.1. The van der Waals surface area contributed by atoms with Crippen molar-refractivity contribution < 1.29 is 9.53 Å². The summed E-state index contributed by atoms with van der Waals surface area (Å²) >= 11 is 11.8. The van der Waals surface area contributed by atoms with E-state index in [1.165, 1.54) is 28.0 Å². The Labute approximate surface area is 120 Å². The van der Waals surface area contributed by atoms with E-state index >= 15 is 0 Å². The number of carbonyl (C=O) groups is 1. The predicted octanol–water partition coefficient (Wildman–Crippen LogP) is 3.53. The molecule has 2 rings (SSSR count). The Morgan fingerprint density at radius 3 is 2.83 bits per heavy atom. The molecule has 4 nitrogen and oxygen atoms in total. The van der Waals surface area contributed by atoms with Crippen molar-refractivity contribution in [3.8, 4) is 0 Å². The SMILES string of the molecule is COC(=O)c1ccc(Cl)cc1N=c1ssnc1Cl. The molecule has 2 aromatic rings. The number of rotatable bonds is 2. The summed E-state index contributed by atoms with van der Waals surface area (Å²) in [6.07, 6.45) is 0. The zero-order valence-corrected chi connectivity index (χ0v) is 12.2. The molecular weight excluding hydrogens is 315 g/mol. The van der Waals surface area contributed by atoms with Crippen molar-refractivity contribution in [2.24, 2.45) is 4.99 Å². The van der Waals surface area contributed by atoms with E-state index in [1.807, 2.05) is 0 Å². The van der Waals surface area contributed by atoms with Gasteiger partial charge in [0.1, 0.15) is 0 Å². The Balaban J connectivity index is 2.60. The van der Waals surface area contributed by atoms with Crippen LogP contribution >= 0.6 is 44.1 Å². The molecule has 0 spiro atoms. The second-order valence-electron chi connectivity index (χ2n) is 3.11. The van der Waals surface area contributed by atoms with Crippen LogP contribution in [0.15, 0.2) is 23.2 Å². The highest BCUT2D eigenvalue weighted by Crippen LogP contribution is 2.24. The molecule has 1 aromatic carbocycles. The Morgan fingerprint density at radius 2 is 2.22 bits per heavy atom. The lowest BCUT2D eigenvalue weighted by molar-refractivity contribution is 0.0601. The Morgan fingerprint density at radius 1 is 1.44 bits per heavy atom. The molecule has 18 heavy (non-hydrogen) atoms. The summed E-state index contributed by atoms with van der Waals surface area (Å²) < 4.78 is 9.13. The van der Waals surface area contributed by atoms with Gasteiger partial charge in [-0.05, 0) is 28.5 Å². The molecular formula is C10H6Cl2N2O2S2. The highest BCUT2D eigenvalue weighted by molar-refractivity contribution is 7.66. The van der Waals surface area contributed by atoms with E-state index in [9.17, 15) is 4.79 Å². The van der Waals surface area contributed by atoms with Gasteiger partial charge >= 0.3 is 5.97 Å². The zero-order valence-electron chi connectivity index (χ0n) is 9.02. The van der Waals surface area contributed by atoms with Gasteiger partial charge in [0.15, 0.2) is 9.82 Å². The van der Waals surface area contributed by atoms with E-state index in [-0.39, 0.29) is 0 Å². The van der Waals surface area contributed by atoms with E-state index in [4.69, 9.17) is 23.2 Å². The maximum Gasteiger partial charge on any atom is 0.340 e. The van der Waals surface area contributed by atoms with Crippen LogP contribution in [0, 0.1) is 0 Å². The van der Waals surface area contributed by atoms with Crippen molar-refractivity contribution in [1.82, 2.24) is 4.37 Å². The van der Waals surface area contributed by atoms with Crippen LogP contribution in [0.3, 0.4) is 0 Å². The van der Waals surface area contributed by atoms with Crippen molar-refractivity contribution in [2.75, 3.05) is 7.11 Å². The molecule has 0 N–H and O–H groups in total. The number of methoxy groups -OCH3 is 1. The third-order valence-corrected chi connectivity index (χ3v) is 4.40. The van der Waals surface area contributed by atoms with E-state index in [0.29, 0.717) is 26.1 Å². The number of ether oxygens (including phenoxy) is 1. The van der Waals surface area contributed by atoms with Crippen LogP contribution in [0.5, 0.6) is 0 Å². The van der Waals surface area contributed by atoms with E-state index in [2.05, 4.69) is 14.1 Å². The molecule has 0 atom stereocenters. The van der Waals surface area contributed by atoms with Crippen LogP contribution in [-0.2, 0) is 4.74 Å². The maximum atomic E-state index is 11.6. The minimum atomic E-state index is -0.477. The molecule has 0 saturated carbocycles. The molecule has 0 amide bonds. The Hall–Kier alpha value is -0.950. The van der Waals surface area contributed by atoms with Crippen LogP contribution in [0.4, 0.5) is 5.69 Å². The molecule has 1 heterocycles. The first-order valence-electron chi connectivity index (χ1n) is 4.66. The van der Waals surface area contributed by atoms with Crippen LogP contribution in [0.1, 0.15) is 10.4 Å². The highest BCUT2D eigenvalue weighted by Gasteiger charge is 2.12. The largest absolute Gasteiger partial charge is 0.465 e. The molecule has 0 saturated heterocycles. The summed E-state index contributed by atoms with van der Waals surface area (Å²) in [7, 11) is 3.85. The number of hydrogen-bond donors (Lipinski definition) is 0. The molecule has 0 radical (unpaired) electrons. The number of benzene rings is 1. The summed E-state index contributed by atoms with van der Waals surface area (Å²) in [5.41, 5.74) is 0.740. The van der Waals surface area contributed by atoms with Gasteiger partial charge in [-0.25, -0.2) is 9.79 Å². The van der Waals surface area contributed by atoms with Gasteiger partial charge in [0.05, 0.1) is 18.4 Å². The summed E-state index contributed by atoms with van der Waals surface area (Å²) in [6.45, 7) is 0. The number of aromatic nitrogens is 1. The van der Waals surface area contributed by atoms with Crippen molar-refractivity contribution >= 4 is 55.7 Å². The average molecular weight is 321 g/mol. The molecule has 0 bridgehead atoms. The number of hydrogen-bond acceptors (Lipinski definition) is 6. The smallest absolute Gasteiger partial charge is 0.340 e. The van der Waals surface area contributed by atoms with Gasteiger partial charge in [-0.1, -0.05) is 23.2 Å². The maximum absolute atomic E-state index is 11.6. The molecule has 94 valence electrons. The molecule has 0 unspecified atom stereocenters. The summed E-state index contributed by atoms with van der Waals surface area (Å²) in [5.74, 6) is -0.477. The lowest BCUT2D eigenvalue weighted by Crippen LogP contribution is -2.03. The molecule has 0 aliphatic carbocycles. The second-order valence-corrected chi connectivity index (χ2v) is 5.74. The van der Waals surface area contributed by atoms with Gasteiger partial charge in [-0.3, -0.25) is 0 Å². The monoisotopic (exact) mass is 320 g/mol. The van der Waals surface area contributed by atoms with Crippen LogP contribution in [0.2, 0.25) is 10.2 Å². The van der Waals surface area contributed by atoms with Crippen LogP contribution < -0.4 is 4.67 Å². The van der Waals surface area contributed by atoms with E-state index < -0.39 is 5.97 Å². The summed E-state index contributed by atoms with van der Waals surface area (Å²) in [5, 5.41) is 0.784. The summed E-state index contributed by atoms with van der Waals surface area (Å²) in [6, 6.07) is 4.74. The fraction of sp³-hybridized carbons (Fsp3) is 0.100. The number of halogens is 2. The van der Waals surface area contributed by atoms with Crippen molar-refractivity contribution in [2.45, 2.75) is 0 Å². The lowest BCUT2D eigenvalue weighted by Gasteiger charge is -2.03. The summed E-state index contributed by atoms with van der Waals surface area (Å²) in [4.78, 5) is 15.9. The second kappa shape index (κ2) is 5.79. The number of esters is 1. The van der Waals surface area contributed by atoms with Crippen molar-refractivity contribution in [1.29, 1.82) is 0 Å². The fourth-order valence-corrected chi connectivity index (χ4v) is 3.37. The third-order valence-electron chi connectivity index (χ3n) is 2.00. The normalized spacial score (nSPS) is 11.6. The lowest BCUT2D eigenvalue weighted by atomic mass is 10.2. The van der Waals surface area contributed by atoms with Crippen molar-refractivity contribution in [3.05, 3.63) is 38.6 Å². The highest BCUT2D eigenvalue weighted by atomic mass is 35.5. The van der Waals surface area contributed by atoms with Gasteiger partial charge < -0.3 is 4.74 Å². The standard InChI is InChI=1S/C10H6Cl2N2O2S2/c1-16-10(15)6-3-2-5(11)4-7(6)13-9-8(12)14-18-17-9/h2-4H,1H3. The Kier molecular flexibility index (Phi) is 4.34. The van der Waals surface area contributed by atoms with Gasteiger partial charge in [0, 0.05) is 15.6 Å². The number of carbonyl (C=O) groups excluding carboxylic acids is 1. The quantitative estimate of drug-likeness (QED) is 0.628. The predicted molar refractivity (Wildman–Crippen MR) is 73.0 cm³/mol. The van der Waals surface area contributed by atoms with Crippen LogP contribution in [-0.4, -0.2) is 17.5 Å². The first-order valence-corrected chi connectivity index (χ1v) is 7.52. The van der Waals surface area contributed by atoms with Gasteiger partial charge in [0.25, 0.3) is 0 Å². The van der Waals surface area contributed by atoms with Gasteiger partial charge in [-0.2, -0.15) is 4.37 Å². The first kappa shape index (κ1) is 13.5. The third kappa shape index (κ3) is 2.89. The van der Waals surface area contributed by atoms with Crippen LogP contribution in [0.25, 0.3) is 0 Å². The Bertz CT molecular complexity index is 651. The minimum absolute atomic E-state index is 0.306. The van der Waals surface area contributed by atoms with Crippen molar-refractivity contribution in [3.63, 3.8) is 0 Å². The molecule has 0 fully saturated rings. The van der Waals surface area contributed by atoms with E-state index in [1.54, 1.807) is 18.2 Å². The number of nitrogens with zero attached hydrogens (tertiary/aromatic N) is 2. The van der Waals surface area contributed by atoms with E-state index in [0.717, 1.165) is 0 Å². The molecule has 0 aliphatic heterocycles. The molecule has 0 aliphatic rings. The first-order chi connectivity index (χ1) is 8.61. The van der Waals surface area contributed by atoms with Gasteiger partial charge in [0.2, 0.25) is 0 Å². The fourth-order valence-electron chi connectivity index (χ4n) is 1.21.